The summed E-state index contributed by atoms with van der Waals surface area (Å²) < 4.78 is 12.4. The molecule has 0 aliphatic heterocycles. The van der Waals surface area contributed by atoms with E-state index in [4.69, 9.17) is 21.1 Å². The number of methoxy groups -OCH3 is 1. The van der Waals surface area contributed by atoms with Crippen LogP contribution in [-0.4, -0.2) is 53.6 Å². The number of hydrogen-bond donors (Lipinski definition) is 0. The second kappa shape index (κ2) is 13.0. The van der Waals surface area contributed by atoms with E-state index < -0.39 is 5.60 Å². The number of hydrogen-bond acceptors (Lipinski definition) is 5. The summed E-state index contributed by atoms with van der Waals surface area (Å²) in [5, 5.41) is 1.39. The first-order chi connectivity index (χ1) is 20.6. The van der Waals surface area contributed by atoms with Crippen molar-refractivity contribution in [3.63, 3.8) is 0 Å². The summed E-state index contributed by atoms with van der Waals surface area (Å²) in [4.78, 5) is 31.4. The van der Waals surface area contributed by atoms with Crippen LogP contribution in [0.4, 0.5) is 4.79 Å². The molecule has 1 aliphatic carbocycles. The van der Waals surface area contributed by atoms with Crippen LogP contribution >= 0.6 is 22.9 Å². The van der Waals surface area contributed by atoms with E-state index in [1.54, 1.807) is 19.1 Å². The molecule has 5 rings (SSSR count). The van der Waals surface area contributed by atoms with Crippen molar-refractivity contribution in [2.75, 3.05) is 14.2 Å². The molecule has 1 saturated carbocycles. The molecule has 6 nitrogen and oxygen atoms in total. The molecule has 1 aliphatic rings. The van der Waals surface area contributed by atoms with Crippen LogP contribution in [0.5, 0.6) is 5.75 Å². The van der Waals surface area contributed by atoms with Gasteiger partial charge in [0.2, 0.25) is 0 Å². The molecule has 1 heterocycles. The monoisotopic (exact) mass is 618 g/mol. The molecule has 1 aromatic heterocycles. The Morgan fingerprint density at radius 3 is 2.21 bits per heavy atom. The fraction of sp³-hybridized carbons (Fsp3) is 0.371. The number of fused-ring (bicyclic) bond motifs is 1. The van der Waals surface area contributed by atoms with Gasteiger partial charge < -0.3 is 19.3 Å². The Hall–Kier alpha value is -3.55. The van der Waals surface area contributed by atoms with Gasteiger partial charge in [-0.25, -0.2) is 4.79 Å². The number of amides is 2. The van der Waals surface area contributed by atoms with Gasteiger partial charge in [-0.1, -0.05) is 66.2 Å². The van der Waals surface area contributed by atoms with Crippen LogP contribution in [0.1, 0.15) is 61.7 Å². The number of nitrogens with zero attached hydrogens (tertiary/aromatic N) is 2. The van der Waals surface area contributed by atoms with Crippen LogP contribution in [0.15, 0.2) is 72.8 Å². The fourth-order valence-electron chi connectivity index (χ4n) is 5.78. The van der Waals surface area contributed by atoms with E-state index in [0.29, 0.717) is 16.4 Å². The second-order valence-electron chi connectivity index (χ2n) is 12.1. The van der Waals surface area contributed by atoms with Crippen molar-refractivity contribution in [3.05, 3.63) is 88.3 Å². The Morgan fingerprint density at radius 2 is 1.56 bits per heavy atom. The number of ether oxygens (including phenoxy) is 2. The quantitative estimate of drug-likeness (QED) is 0.207. The fourth-order valence-corrected chi connectivity index (χ4v) is 7.25. The predicted octanol–water partition coefficient (Wildman–Crippen LogP) is 9.05. The molecular weight excluding hydrogens is 580 g/mol. The van der Waals surface area contributed by atoms with Gasteiger partial charge in [-0.15, -0.1) is 11.3 Å². The van der Waals surface area contributed by atoms with Gasteiger partial charge in [-0.3, -0.25) is 4.79 Å². The smallest absolute Gasteiger partial charge is 0.410 e. The lowest BCUT2D eigenvalue weighted by molar-refractivity contribution is 0.0144. The van der Waals surface area contributed by atoms with Crippen LogP contribution in [0, 0.1) is 0 Å². The molecule has 8 heteroatoms. The minimum Gasteiger partial charge on any atom is -0.496 e. The highest BCUT2D eigenvalue weighted by Gasteiger charge is 2.35. The zero-order valence-electron chi connectivity index (χ0n) is 25.4. The van der Waals surface area contributed by atoms with Crippen LogP contribution in [0.25, 0.3) is 21.2 Å². The van der Waals surface area contributed by atoms with E-state index in [0.717, 1.165) is 58.2 Å². The molecule has 0 saturated heterocycles. The lowest BCUT2D eigenvalue weighted by Gasteiger charge is -2.40. The molecule has 0 N–H and O–H groups in total. The zero-order valence-corrected chi connectivity index (χ0v) is 27.0. The molecule has 4 aromatic rings. The average molecular weight is 619 g/mol. The van der Waals surface area contributed by atoms with Gasteiger partial charge in [0.05, 0.1) is 12.1 Å². The van der Waals surface area contributed by atoms with Crippen molar-refractivity contribution < 1.29 is 19.1 Å². The molecule has 0 atom stereocenters. The van der Waals surface area contributed by atoms with Gasteiger partial charge >= 0.3 is 6.09 Å². The molecule has 43 heavy (non-hydrogen) atoms. The van der Waals surface area contributed by atoms with E-state index in [1.165, 1.54) is 11.3 Å². The summed E-state index contributed by atoms with van der Waals surface area (Å²) in [6.45, 7) is 6.00. The number of halogens is 1. The van der Waals surface area contributed by atoms with Crippen LogP contribution in [0.3, 0.4) is 0 Å². The second-order valence-corrected chi connectivity index (χ2v) is 13.6. The van der Waals surface area contributed by atoms with E-state index in [1.807, 2.05) is 80.3 Å². The number of carbonyl (C=O) groups excluding carboxylic acids is 2. The number of benzene rings is 3. The van der Waals surface area contributed by atoms with Gasteiger partial charge in [0.15, 0.2) is 0 Å². The van der Waals surface area contributed by atoms with Crippen LogP contribution in [-0.2, 0) is 11.3 Å². The lowest BCUT2D eigenvalue weighted by Crippen LogP contribution is -2.47. The third-order valence-electron chi connectivity index (χ3n) is 8.05. The van der Waals surface area contributed by atoms with Crippen molar-refractivity contribution >= 4 is 45.0 Å². The Kier molecular flexibility index (Phi) is 9.33. The lowest BCUT2D eigenvalue weighted by atomic mass is 9.89. The molecule has 1 fully saturated rings. The van der Waals surface area contributed by atoms with E-state index in [-0.39, 0.29) is 24.1 Å². The maximum absolute atomic E-state index is 14.4. The normalized spacial score (nSPS) is 17.0. The summed E-state index contributed by atoms with van der Waals surface area (Å²) in [5.74, 6) is 0.653. The van der Waals surface area contributed by atoms with Gasteiger partial charge in [0.1, 0.15) is 16.2 Å². The van der Waals surface area contributed by atoms with E-state index >= 15 is 0 Å². The topological polar surface area (TPSA) is 59.1 Å². The Labute approximate surface area is 263 Å². The first-order valence-electron chi connectivity index (χ1n) is 14.7. The summed E-state index contributed by atoms with van der Waals surface area (Å²) in [6.07, 6.45) is 2.74. The van der Waals surface area contributed by atoms with Gasteiger partial charge in [0.25, 0.3) is 5.91 Å². The van der Waals surface area contributed by atoms with Crippen molar-refractivity contribution in [2.45, 2.75) is 70.7 Å². The Balaban J connectivity index is 1.45. The molecule has 0 bridgehead atoms. The largest absolute Gasteiger partial charge is 0.496 e. The van der Waals surface area contributed by atoms with Crippen molar-refractivity contribution in [3.8, 4) is 16.9 Å². The highest BCUT2D eigenvalue weighted by Crippen LogP contribution is 2.38. The summed E-state index contributed by atoms with van der Waals surface area (Å²) in [6, 6.07) is 24.2. The first kappa shape index (κ1) is 30.9. The third kappa shape index (κ3) is 7.00. The standard InChI is InChI=1S/C35H39ClN2O4S/c1-35(2,3)42-34(40)37(4)26-16-18-27(19-17-26)38(33(39)32-31(36)28-13-9-10-14-30(28)43-32)22-25-21-24(15-20-29(25)41-5)23-11-7-6-8-12-23/h6-15,20-21,26-27H,16-19,22H2,1-5H3. The van der Waals surface area contributed by atoms with Crippen LogP contribution < -0.4 is 4.74 Å². The SMILES string of the molecule is COc1ccc(-c2ccccc2)cc1CN(C(=O)c1sc2ccccc2c1Cl)C1CCC(N(C)C(=O)OC(C)(C)C)CC1. The Bertz CT molecular complexity index is 1590. The van der Waals surface area contributed by atoms with Crippen molar-refractivity contribution in [1.29, 1.82) is 0 Å². The number of rotatable bonds is 7. The van der Waals surface area contributed by atoms with Crippen molar-refractivity contribution in [2.24, 2.45) is 0 Å². The molecule has 0 unspecified atom stereocenters. The van der Waals surface area contributed by atoms with Gasteiger partial charge in [-0.2, -0.15) is 0 Å². The highest BCUT2D eigenvalue weighted by molar-refractivity contribution is 7.21. The summed E-state index contributed by atoms with van der Waals surface area (Å²) >= 11 is 8.27. The molecule has 226 valence electrons. The number of thiophene rings is 1. The van der Waals surface area contributed by atoms with Crippen LogP contribution in [0.2, 0.25) is 5.02 Å². The van der Waals surface area contributed by atoms with E-state index in [9.17, 15) is 9.59 Å². The first-order valence-corrected chi connectivity index (χ1v) is 15.9. The molecule has 2 amide bonds. The van der Waals surface area contributed by atoms with Gasteiger partial charge in [-0.05, 0) is 75.8 Å². The minimum atomic E-state index is -0.553. The van der Waals surface area contributed by atoms with Crippen molar-refractivity contribution in [1.82, 2.24) is 9.80 Å². The minimum absolute atomic E-state index is 0.0258. The Morgan fingerprint density at radius 1 is 0.907 bits per heavy atom. The molecule has 0 spiro atoms. The zero-order chi connectivity index (χ0) is 30.7. The summed E-state index contributed by atoms with van der Waals surface area (Å²) in [7, 11) is 3.46. The molecule has 0 radical (unpaired) electrons. The number of carbonyl (C=O) groups is 2. The maximum Gasteiger partial charge on any atom is 0.410 e. The van der Waals surface area contributed by atoms with Gasteiger partial charge in [0, 0.05) is 41.3 Å². The molecular formula is C35H39ClN2O4S. The average Bonchev–Trinajstić information content (AvgIpc) is 3.35. The maximum atomic E-state index is 14.4. The molecule has 3 aromatic carbocycles. The predicted molar refractivity (Wildman–Crippen MR) is 175 cm³/mol. The summed E-state index contributed by atoms with van der Waals surface area (Å²) in [5.41, 5.74) is 2.54. The highest BCUT2D eigenvalue weighted by atomic mass is 35.5. The third-order valence-corrected chi connectivity index (χ3v) is 9.72. The van der Waals surface area contributed by atoms with E-state index in [2.05, 4.69) is 18.2 Å².